The molecule has 0 fully saturated rings. The fourth-order valence-electron chi connectivity index (χ4n) is 3.07. The summed E-state index contributed by atoms with van der Waals surface area (Å²) in [5, 5.41) is 0. The van der Waals surface area contributed by atoms with E-state index in [1.54, 1.807) is 0 Å². The third-order valence-electron chi connectivity index (χ3n) is 4.93. The summed E-state index contributed by atoms with van der Waals surface area (Å²) in [5.74, 6) is 1.50. The minimum absolute atomic E-state index is 0.213. The Kier molecular flexibility index (Phi) is 18.1. The monoisotopic (exact) mass is 354 g/mol. The summed E-state index contributed by atoms with van der Waals surface area (Å²) in [7, 11) is 0. The van der Waals surface area contributed by atoms with Crippen LogP contribution in [-0.2, 0) is 9.53 Å². The molecule has 0 aliphatic carbocycles. The Labute approximate surface area is 158 Å². The lowest BCUT2D eigenvalue weighted by molar-refractivity contribution is -0.122. The molecule has 0 heterocycles. The maximum atomic E-state index is 11.5. The number of carbonyl (C=O) groups is 1. The molecule has 0 aliphatic heterocycles. The molecule has 0 atom stereocenters. The number of ether oxygens (including phenoxy) is 1. The highest BCUT2D eigenvalue weighted by atomic mass is 16.5. The molecule has 0 aliphatic rings. The maximum Gasteiger partial charge on any atom is 0.135 e. The molecule has 0 saturated heterocycles. The van der Waals surface area contributed by atoms with Gasteiger partial charge in [-0.25, -0.2) is 0 Å². The molecule has 0 unspecified atom stereocenters. The molecule has 0 spiro atoms. The largest absolute Gasteiger partial charge is 0.381 e. The van der Waals surface area contributed by atoms with Gasteiger partial charge < -0.3 is 4.74 Å². The lowest BCUT2D eigenvalue weighted by atomic mass is 10.0. The maximum absolute atomic E-state index is 11.5. The fraction of sp³-hybridized carbons (Fsp3) is 0.957. The van der Waals surface area contributed by atoms with Crippen LogP contribution < -0.4 is 0 Å². The van der Waals surface area contributed by atoms with E-state index in [0.717, 1.165) is 32.0 Å². The average molecular weight is 355 g/mol. The molecular weight excluding hydrogens is 308 g/mol. The van der Waals surface area contributed by atoms with Gasteiger partial charge in [-0.15, -0.1) is 0 Å². The summed E-state index contributed by atoms with van der Waals surface area (Å²) >= 11 is 0. The Morgan fingerprint density at radius 2 is 1.08 bits per heavy atom. The molecule has 0 aromatic heterocycles. The van der Waals surface area contributed by atoms with Gasteiger partial charge in [0.15, 0.2) is 0 Å². The van der Waals surface area contributed by atoms with Gasteiger partial charge in [0.1, 0.15) is 5.78 Å². The van der Waals surface area contributed by atoms with Gasteiger partial charge >= 0.3 is 0 Å². The number of hydrogen-bond acceptors (Lipinski definition) is 2. The van der Waals surface area contributed by atoms with Crippen molar-refractivity contribution >= 4 is 5.78 Å². The minimum atomic E-state index is 0.213. The molecule has 0 amide bonds. The quantitative estimate of drug-likeness (QED) is 0.227. The van der Waals surface area contributed by atoms with Crippen LogP contribution in [0.15, 0.2) is 0 Å². The Balaban J connectivity index is 3.06. The van der Waals surface area contributed by atoms with Crippen LogP contribution in [0.4, 0.5) is 0 Å². The van der Waals surface area contributed by atoms with Gasteiger partial charge in [0.05, 0.1) is 0 Å². The Morgan fingerprint density at radius 1 is 0.640 bits per heavy atom. The van der Waals surface area contributed by atoms with Crippen LogP contribution in [0.2, 0.25) is 0 Å². The third kappa shape index (κ3) is 19.8. The zero-order chi connectivity index (χ0) is 18.8. The fourth-order valence-corrected chi connectivity index (χ4v) is 3.07. The molecule has 0 aromatic rings. The van der Waals surface area contributed by atoms with E-state index in [9.17, 15) is 4.79 Å². The second-order valence-corrected chi connectivity index (χ2v) is 8.41. The van der Waals surface area contributed by atoms with Crippen molar-refractivity contribution < 1.29 is 9.53 Å². The van der Waals surface area contributed by atoms with E-state index in [1.165, 1.54) is 77.0 Å². The van der Waals surface area contributed by atoms with E-state index in [2.05, 4.69) is 13.8 Å². The predicted molar refractivity (Wildman–Crippen MR) is 110 cm³/mol. The first-order chi connectivity index (χ1) is 12.0. The molecular formula is C23H46O2. The SMILES string of the molecule is CC(C)CCCCCCCOCCCCCCCCCC(=O)C(C)C. The smallest absolute Gasteiger partial charge is 0.135 e. The Morgan fingerprint density at radius 3 is 1.56 bits per heavy atom. The van der Waals surface area contributed by atoms with Crippen molar-refractivity contribution in [2.24, 2.45) is 11.8 Å². The van der Waals surface area contributed by atoms with Crippen LogP contribution in [0.3, 0.4) is 0 Å². The van der Waals surface area contributed by atoms with Gasteiger partial charge in [0.25, 0.3) is 0 Å². The minimum Gasteiger partial charge on any atom is -0.381 e. The number of carbonyl (C=O) groups excluding carboxylic acids is 1. The second-order valence-electron chi connectivity index (χ2n) is 8.41. The second kappa shape index (κ2) is 18.4. The van der Waals surface area contributed by atoms with Crippen LogP contribution in [0, 0.1) is 11.8 Å². The van der Waals surface area contributed by atoms with E-state index in [0.29, 0.717) is 5.78 Å². The van der Waals surface area contributed by atoms with Crippen molar-refractivity contribution in [2.45, 2.75) is 118 Å². The molecule has 25 heavy (non-hydrogen) atoms. The first kappa shape index (κ1) is 24.6. The van der Waals surface area contributed by atoms with Crippen molar-refractivity contribution in [1.82, 2.24) is 0 Å². The van der Waals surface area contributed by atoms with Gasteiger partial charge in [0.2, 0.25) is 0 Å². The first-order valence-electron chi connectivity index (χ1n) is 11.1. The van der Waals surface area contributed by atoms with Gasteiger partial charge in [-0.2, -0.15) is 0 Å². The van der Waals surface area contributed by atoms with Crippen molar-refractivity contribution in [3.8, 4) is 0 Å². The normalized spacial score (nSPS) is 11.6. The highest BCUT2D eigenvalue weighted by Gasteiger charge is 2.05. The van der Waals surface area contributed by atoms with Crippen LogP contribution in [-0.4, -0.2) is 19.0 Å². The van der Waals surface area contributed by atoms with Crippen molar-refractivity contribution in [3.05, 3.63) is 0 Å². The highest BCUT2D eigenvalue weighted by molar-refractivity contribution is 5.80. The number of hydrogen-bond donors (Lipinski definition) is 0. The van der Waals surface area contributed by atoms with E-state index >= 15 is 0 Å². The molecule has 0 rings (SSSR count). The Bertz CT molecular complexity index is 284. The summed E-state index contributed by atoms with van der Waals surface area (Å²) in [6.07, 6.45) is 17.6. The summed E-state index contributed by atoms with van der Waals surface area (Å²) in [5.41, 5.74) is 0. The Hall–Kier alpha value is -0.370. The average Bonchev–Trinajstić information content (AvgIpc) is 2.57. The molecule has 150 valence electrons. The van der Waals surface area contributed by atoms with Crippen molar-refractivity contribution in [1.29, 1.82) is 0 Å². The topological polar surface area (TPSA) is 26.3 Å². The molecule has 2 heteroatoms. The van der Waals surface area contributed by atoms with Gasteiger partial charge in [-0.3, -0.25) is 4.79 Å². The summed E-state index contributed by atoms with van der Waals surface area (Å²) in [6.45, 7) is 10.5. The van der Waals surface area contributed by atoms with Gasteiger partial charge in [-0.05, 0) is 25.2 Å². The van der Waals surface area contributed by atoms with Gasteiger partial charge in [-0.1, -0.05) is 91.9 Å². The summed E-state index contributed by atoms with van der Waals surface area (Å²) in [6, 6.07) is 0. The number of Topliss-reactive ketones (excluding diaryl/α,β-unsaturated/α-hetero) is 1. The van der Waals surface area contributed by atoms with E-state index in [1.807, 2.05) is 13.8 Å². The number of ketones is 1. The van der Waals surface area contributed by atoms with Crippen LogP contribution in [0.25, 0.3) is 0 Å². The number of unbranched alkanes of at least 4 members (excludes halogenated alkanes) is 10. The van der Waals surface area contributed by atoms with Crippen LogP contribution in [0.5, 0.6) is 0 Å². The van der Waals surface area contributed by atoms with Crippen LogP contribution >= 0.6 is 0 Å². The molecule has 0 bridgehead atoms. The number of rotatable bonds is 19. The molecule has 0 N–H and O–H groups in total. The summed E-state index contributed by atoms with van der Waals surface area (Å²) < 4.78 is 5.73. The standard InChI is InChI=1S/C23H46O2/c1-21(2)17-13-9-8-12-16-20-25-19-15-11-7-5-6-10-14-18-23(24)22(3)4/h21-22H,5-20H2,1-4H3. The predicted octanol–water partition coefficient (Wildman–Crippen LogP) is 7.35. The molecule has 0 saturated carbocycles. The lowest BCUT2D eigenvalue weighted by Crippen LogP contribution is -2.05. The molecule has 0 radical (unpaired) electrons. The van der Waals surface area contributed by atoms with E-state index in [-0.39, 0.29) is 5.92 Å². The first-order valence-corrected chi connectivity index (χ1v) is 11.1. The van der Waals surface area contributed by atoms with Crippen molar-refractivity contribution in [2.75, 3.05) is 13.2 Å². The lowest BCUT2D eigenvalue weighted by Gasteiger charge is -2.06. The van der Waals surface area contributed by atoms with Crippen molar-refractivity contribution in [3.63, 3.8) is 0 Å². The van der Waals surface area contributed by atoms with E-state index < -0.39 is 0 Å². The highest BCUT2D eigenvalue weighted by Crippen LogP contribution is 2.12. The summed E-state index contributed by atoms with van der Waals surface area (Å²) in [4.78, 5) is 11.5. The van der Waals surface area contributed by atoms with Gasteiger partial charge in [0, 0.05) is 25.6 Å². The van der Waals surface area contributed by atoms with Crippen LogP contribution in [0.1, 0.15) is 118 Å². The third-order valence-corrected chi connectivity index (χ3v) is 4.93. The zero-order valence-corrected chi connectivity index (χ0v) is 17.8. The molecule has 2 nitrogen and oxygen atoms in total. The zero-order valence-electron chi connectivity index (χ0n) is 17.8. The van der Waals surface area contributed by atoms with E-state index in [4.69, 9.17) is 4.74 Å². The molecule has 0 aromatic carbocycles.